The second-order valence-corrected chi connectivity index (χ2v) is 10.2. The van der Waals surface area contributed by atoms with E-state index >= 15 is 0 Å². The van der Waals surface area contributed by atoms with Gasteiger partial charge in [-0.1, -0.05) is 51.5 Å². The zero-order chi connectivity index (χ0) is 27.2. The zero-order valence-electron chi connectivity index (χ0n) is 22.4. The third kappa shape index (κ3) is 6.89. The molecule has 0 saturated heterocycles. The van der Waals surface area contributed by atoms with Crippen molar-refractivity contribution < 1.29 is 19.4 Å². The highest BCUT2D eigenvalue weighted by atomic mass is 16.5. The first-order valence-corrected chi connectivity index (χ1v) is 13.0. The van der Waals surface area contributed by atoms with Crippen molar-refractivity contribution in [3.05, 3.63) is 64.7 Å². The highest BCUT2D eigenvalue weighted by Gasteiger charge is 2.37. The number of para-hydroxylation sites is 1. The van der Waals surface area contributed by atoms with Gasteiger partial charge >= 0.3 is 0 Å². The number of rotatable bonds is 7. The van der Waals surface area contributed by atoms with Gasteiger partial charge in [0.15, 0.2) is 5.96 Å². The number of primary amides is 1. The van der Waals surface area contributed by atoms with Gasteiger partial charge in [-0.15, -0.1) is 0 Å². The molecule has 0 unspecified atom stereocenters. The molecule has 2 aliphatic rings. The van der Waals surface area contributed by atoms with Crippen LogP contribution in [0.25, 0.3) is 0 Å². The van der Waals surface area contributed by atoms with Gasteiger partial charge in [0.2, 0.25) is 11.8 Å². The smallest absolute Gasteiger partial charge is 0.248 e. The summed E-state index contributed by atoms with van der Waals surface area (Å²) in [6.07, 6.45) is 4.43. The zero-order valence-corrected chi connectivity index (χ0v) is 22.4. The summed E-state index contributed by atoms with van der Waals surface area (Å²) in [4.78, 5) is 30.3. The minimum absolute atomic E-state index is 0.0249. The van der Waals surface area contributed by atoms with Gasteiger partial charge < -0.3 is 21.3 Å². The molecule has 8 nitrogen and oxygen atoms in total. The van der Waals surface area contributed by atoms with E-state index in [-0.39, 0.29) is 17.4 Å². The summed E-state index contributed by atoms with van der Waals surface area (Å²) in [5.74, 6) is 0.658. The number of aliphatic imine (C=N–C) groups is 1. The summed E-state index contributed by atoms with van der Waals surface area (Å²) < 4.78 is 5.39. The van der Waals surface area contributed by atoms with E-state index in [1.165, 1.54) is 4.90 Å². The SMILES string of the molecule is CCCc1ccc(C(N)=O)cc1CN1C(=O)CC(CC)(CC)N=C1N.C[C@@]1(O)COc2ccccc2C1. The fourth-order valence-electron chi connectivity index (χ4n) is 4.77. The Labute approximate surface area is 219 Å². The summed E-state index contributed by atoms with van der Waals surface area (Å²) in [6, 6.07) is 13.2. The number of ether oxygens (including phenoxy) is 1. The first kappa shape index (κ1) is 28.2. The number of benzene rings is 2. The van der Waals surface area contributed by atoms with Crippen LogP contribution in [0.2, 0.25) is 0 Å². The van der Waals surface area contributed by atoms with Crippen LogP contribution in [0, 0.1) is 0 Å². The van der Waals surface area contributed by atoms with Crippen molar-refractivity contribution in [2.24, 2.45) is 16.5 Å². The maximum absolute atomic E-state index is 12.7. The number of guanidine groups is 1. The molecule has 0 aliphatic carbocycles. The summed E-state index contributed by atoms with van der Waals surface area (Å²) in [7, 11) is 0. The Morgan fingerprint density at radius 3 is 2.43 bits per heavy atom. The topological polar surface area (TPSA) is 131 Å². The fraction of sp³-hybridized carbons (Fsp3) is 0.483. The Bertz CT molecular complexity index is 1150. The molecule has 2 aromatic rings. The van der Waals surface area contributed by atoms with E-state index in [9.17, 15) is 14.7 Å². The third-order valence-corrected chi connectivity index (χ3v) is 7.15. The Kier molecular flexibility index (Phi) is 8.97. The first-order chi connectivity index (χ1) is 17.5. The van der Waals surface area contributed by atoms with Gasteiger partial charge in [-0.05, 0) is 61.1 Å². The Hall–Kier alpha value is -3.39. The number of carbonyl (C=O) groups is 2. The van der Waals surface area contributed by atoms with Crippen LogP contribution in [-0.4, -0.2) is 45.5 Å². The van der Waals surface area contributed by atoms with Crippen LogP contribution >= 0.6 is 0 Å². The number of nitrogens with two attached hydrogens (primary N) is 2. The molecule has 37 heavy (non-hydrogen) atoms. The molecule has 5 N–H and O–H groups in total. The van der Waals surface area contributed by atoms with Crippen molar-refractivity contribution in [2.75, 3.05) is 6.61 Å². The minimum Gasteiger partial charge on any atom is -0.490 e. The molecule has 2 aromatic carbocycles. The standard InChI is InChI=1S/C19H28N4O2.C10H12O2/c1-4-7-13-8-9-14(17(20)25)10-15(13)12-23-16(24)11-19(5-2,6-3)22-18(23)21;1-10(11)6-8-4-2-3-5-9(8)12-7-10/h8-10H,4-7,11-12H2,1-3H3,(H2,20,25)(H2,21,22);2-5,11H,6-7H2,1H3/t;10-/m.0/s1. The van der Waals surface area contributed by atoms with Crippen molar-refractivity contribution in [3.63, 3.8) is 0 Å². The van der Waals surface area contributed by atoms with Crippen molar-refractivity contribution in [3.8, 4) is 5.75 Å². The average molecular weight is 509 g/mol. The number of aliphatic hydroxyl groups is 1. The molecule has 0 aromatic heterocycles. The van der Waals surface area contributed by atoms with Crippen LogP contribution in [-0.2, 0) is 24.2 Å². The van der Waals surface area contributed by atoms with Crippen LogP contribution in [0.5, 0.6) is 5.75 Å². The van der Waals surface area contributed by atoms with Crippen molar-refractivity contribution in [2.45, 2.75) is 83.9 Å². The lowest BCUT2D eigenvalue weighted by molar-refractivity contribution is -0.130. The molecule has 1 atom stereocenters. The molecule has 2 heterocycles. The van der Waals surface area contributed by atoms with Crippen molar-refractivity contribution in [1.82, 2.24) is 4.90 Å². The Morgan fingerprint density at radius 2 is 1.81 bits per heavy atom. The molecule has 0 saturated carbocycles. The lowest BCUT2D eigenvalue weighted by Gasteiger charge is -2.36. The molecule has 8 heteroatoms. The molecule has 4 rings (SSSR count). The number of carbonyl (C=O) groups excluding carboxylic acids is 2. The Balaban J connectivity index is 0.000000262. The minimum atomic E-state index is -0.700. The van der Waals surface area contributed by atoms with E-state index in [1.807, 2.05) is 44.2 Å². The number of hydrogen-bond donors (Lipinski definition) is 3. The van der Waals surface area contributed by atoms with Gasteiger partial charge in [0.05, 0.1) is 24.1 Å². The van der Waals surface area contributed by atoms with E-state index in [0.29, 0.717) is 31.6 Å². The predicted octanol–water partition coefficient (Wildman–Crippen LogP) is 3.72. The molecule has 2 amide bonds. The maximum atomic E-state index is 12.7. The van der Waals surface area contributed by atoms with Gasteiger partial charge in [-0.2, -0.15) is 0 Å². The molecule has 0 spiro atoms. The van der Waals surface area contributed by atoms with E-state index in [0.717, 1.165) is 48.1 Å². The lowest BCUT2D eigenvalue weighted by atomic mass is 9.88. The maximum Gasteiger partial charge on any atom is 0.248 e. The van der Waals surface area contributed by atoms with Crippen LogP contribution in [0.15, 0.2) is 47.5 Å². The molecule has 0 radical (unpaired) electrons. The van der Waals surface area contributed by atoms with Crippen LogP contribution in [0.4, 0.5) is 0 Å². The molecule has 0 fully saturated rings. The normalized spacial score (nSPS) is 20.2. The van der Waals surface area contributed by atoms with Gasteiger partial charge in [0.1, 0.15) is 12.4 Å². The quantitative estimate of drug-likeness (QED) is 0.525. The largest absolute Gasteiger partial charge is 0.490 e. The van der Waals surface area contributed by atoms with E-state index in [2.05, 4.69) is 11.9 Å². The average Bonchev–Trinajstić information content (AvgIpc) is 2.86. The van der Waals surface area contributed by atoms with E-state index < -0.39 is 11.5 Å². The monoisotopic (exact) mass is 508 g/mol. The number of aryl methyl sites for hydroxylation is 1. The molecular weight excluding hydrogens is 468 g/mol. The molecular formula is C29H40N4O4. The molecule has 2 aliphatic heterocycles. The summed E-state index contributed by atoms with van der Waals surface area (Å²) >= 11 is 0. The van der Waals surface area contributed by atoms with E-state index in [1.54, 1.807) is 19.1 Å². The highest BCUT2D eigenvalue weighted by Crippen LogP contribution is 2.31. The van der Waals surface area contributed by atoms with Crippen LogP contribution in [0.3, 0.4) is 0 Å². The van der Waals surface area contributed by atoms with Crippen LogP contribution < -0.4 is 16.2 Å². The molecule has 200 valence electrons. The summed E-state index contributed by atoms with van der Waals surface area (Å²) in [5, 5.41) is 9.70. The highest BCUT2D eigenvalue weighted by molar-refractivity contribution is 5.99. The van der Waals surface area contributed by atoms with Gasteiger partial charge in [0, 0.05) is 12.0 Å². The van der Waals surface area contributed by atoms with E-state index in [4.69, 9.17) is 16.2 Å². The lowest BCUT2D eigenvalue weighted by Crippen LogP contribution is -2.50. The number of amides is 2. The third-order valence-electron chi connectivity index (χ3n) is 7.15. The van der Waals surface area contributed by atoms with Crippen molar-refractivity contribution in [1.29, 1.82) is 0 Å². The summed E-state index contributed by atoms with van der Waals surface area (Å²) in [5.41, 5.74) is 14.0. The number of nitrogens with zero attached hydrogens (tertiary/aromatic N) is 2. The van der Waals surface area contributed by atoms with Gasteiger partial charge in [-0.3, -0.25) is 14.5 Å². The van der Waals surface area contributed by atoms with Crippen LogP contribution in [0.1, 0.15) is 80.4 Å². The number of fused-ring (bicyclic) bond motifs is 1. The molecule has 0 bridgehead atoms. The second-order valence-electron chi connectivity index (χ2n) is 10.2. The number of hydrogen-bond acceptors (Lipinski definition) is 6. The fourth-order valence-corrected chi connectivity index (χ4v) is 4.77. The van der Waals surface area contributed by atoms with Gasteiger partial charge in [0.25, 0.3) is 0 Å². The van der Waals surface area contributed by atoms with Crippen molar-refractivity contribution >= 4 is 17.8 Å². The Morgan fingerprint density at radius 1 is 1.11 bits per heavy atom. The predicted molar refractivity (Wildman–Crippen MR) is 145 cm³/mol. The second kappa shape index (κ2) is 11.8. The first-order valence-electron chi connectivity index (χ1n) is 13.0. The summed E-state index contributed by atoms with van der Waals surface area (Å²) in [6.45, 7) is 8.64. The van der Waals surface area contributed by atoms with Gasteiger partial charge in [-0.25, -0.2) is 4.99 Å².